The van der Waals surface area contributed by atoms with Gasteiger partial charge in [0.2, 0.25) is 0 Å². The van der Waals surface area contributed by atoms with E-state index >= 15 is 0 Å². The largest absolute Gasteiger partial charge is 0.389 e. The van der Waals surface area contributed by atoms with Gasteiger partial charge in [-0.05, 0) is 39.5 Å². The zero-order chi connectivity index (χ0) is 13.9. The van der Waals surface area contributed by atoms with E-state index in [1.54, 1.807) is 0 Å². The lowest BCUT2D eigenvalue weighted by molar-refractivity contribution is -0.0586. The number of nitrogens with zero attached hydrogens (tertiary/aromatic N) is 2. The van der Waals surface area contributed by atoms with Crippen molar-refractivity contribution in [2.75, 3.05) is 45.9 Å². The van der Waals surface area contributed by atoms with Crippen LogP contribution in [0.2, 0.25) is 0 Å². The van der Waals surface area contributed by atoms with Crippen molar-refractivity contribution in [3.63, 3.8) is 0 Å². The summed E-state index contributed by atoms with van der Waals surface area (Å²) in [5.41, 5.74) is -0.163. The maximum atomic E-state index is 10.0. The summed E-state index contributed by atoms with van der Waals surface area (Å²) in [6.07, 6.45) is 2.50. The van der Waals surface area contributed by atoms with E-state index in [-0.39, 0.29) is 11.7 Å². The summed E-state index contributed by atoms with van der Waals surface area (Å²) in [6.45, 7) is 13.0. The van der Waals surface area contributed by atoms with Crippen LogP contribution >= 0.6 is 0 Å². The minimum Gasteiger partial charge on any atom is -0.389 e. The molecular weight excluding hydrogens is 240 g/mol. The number of ether oxygens (including phenoxy) is 1. The van der Waals surface area contributed by atoms with Crippen molar-refractivity contribution in [1.29, 1.82) is 0 Å². The third-order valence-corrected chi connectivity index (χ3v) is 3.86. The van der Waals surface area contributed by atoms with Crippen molar-refractivity contribution in [2.45, 2.75) is 45.3 Å². The molecule has 1 aliphatic heterocycles. The maximum absolute atomic E-state index is 10.0. The number of rotatable bonds is 6. The third kappa shape index (κ3) is 6.21. The Labute approximate surface area is 117 Å². The number of aliphatic hydroxyl groups is 1. The average molecular weight is 270 g/mol. The molecule has 0 spiro atoms. The van der Waals surface area contributed by atoms with E-state index in [2.05, 4.69) is 9.80 Å². The van der Waals surface area contributed by atoms with Crippen LogP contribution in [0.15, 0.2) is 0 Å². The van der Waals surface area contributed by atoms with Crippen molar-refractivity contribution in [3.05, 3.63) is 0 Å². The van der Waals surface area contributed by atoms with Crippen LogP contribution in [0.1, 0.15) is 33.6 Å². The van der Waals surface area contributed by atoms with Crippen molar-refractivity contribution in [1.82, 2.24) is 9.80 Å². The zero-order valence-corrected chi connectivity index (χ0v) is 12.8. The molecule has 1 atom stereocenters. The van der Waals surface area contributed by atoms with Crippen LogP contribution < -0.4 is 0 Å². The highest BCUT2D eigenvalue weighted by Crippen LogP contribution is 2.29. The van der Waals surface area contributed by atoms with Gasteiger partial charge < -0.3 is 14.7 Å². The van der Waals surface area contributed by atoms with Gasteiger partial charge in [0.05, 0.1) is 18.3 Å². The molecule has 2 fully saturated rings. The number of piperazine rings is 1. The molecular formula is C15H30N2O2. The van der Waals surface area contributed by atoms with Gasteiger partial charge in [0, 0.05) is 39.3 Å². The van der Waals surface area contributed by atoms with Gasteiger partial charge in [0.1, 0.15) is 0 Å². The monoisotopic (exact) mass is 270 g/mol. The first-order valence-electron chi connectivity index (χ1n) is 7.69. The second-order valence-corrected chi connectivity index (χ2v) is 7.12. The van der Waals surface area contributed by atoms with Crippen molar-refractivity contribution >= 4 is 0 Å². The molecule has 1 aliphatic carbocycles. The summed E-state index contributed by atoms with van der Waals surface area (Å²) in [6, 6.07) is 0. The second-order valence-electron chi connectivity index (χ2n) is 7.12. The molecule has 0 aromatic heterocycles. The van der Waals surface area contributed by atoms with E-state index in [0.29, 0.717) is 6.61 Å². The highest BCUT2D eigenvalue weighted by Gasteiger charge is 2.27. The Morgan fingerprint density at radius 2 is 1.68 bits per heavy atom. The van der Waals surface area contributed by atoms with Gasteiger partial charge in [-0.15, -0.1) is 0 Å². The number of hydrogen-bond acceptors (Lipinski definition) is 4. The Morgan fingerprint density at radius 1 is 1.11 bits per heavy atom. The van der Waals surface area contributed by atoms with Gasteiger partial charge in [0.25, 0.3) is 0 Å². The molecule has 0 aromatic carbocycles. The molecule has 1 heterocycles. The first kappa shape index (κ1) is 15.2. The quantitative estimate of drug-likeness (QED) is 0.786. The van der Waals surface area contributed by atoms with Gasteiger partial charge in [-0.1, -0.05) is 0 Å². The van der Waals surface area contributed by atoms with Gasteiger partial charge in [-0.25, -0.2) is 0 Å². The van der Waals surface area contributed by atoms with Crippen LogP contribution in [0.5, 0.6) is 0 Å². The summed E-state index contributed by atoms with van der Waals surface area (Å²) in [7, 11) is 0. The van der Waals surface area contributed by atoms with Crippen LogP contribution in [0.25, 0.3) is 0 Å². The fourth-order valence-electron chi connectivity index (χ4n) is 2.52. The van der Waals surface area contributed by atoms with Crippen LogP contribution in [-0.2, 0) is 4.74 Å². The molecule has 0 amide bonds. The van der Waals surface area contributed by atoms with Crippen LogP contribution in [0, 0.1) is 5.92 Å². The van der Waals surface area contributed by atoms with Gasteiger partial charge in [-0.3, -0.25) is 4.90 Å². The minimum atomic E-state index is -0.366. The Balaban J connectivity index is 1.58. The van der Waals surface area contributed by atoms with Crippen molar-refractivity contribution in [3.8, 4) is 0 Å². The Hall–Kier alpha value is -0.160. The number of β-amino-alcohol motifs (C(OH)–C–C–N with tert-alkyl or cyclic N) is 1. The summed E-state index contributed by atoms with van der Waals surface area (Å²) in [4.78, 5) is 4.94. The second kappa shape index (κ2) is 6.53. The molecule has 1 saturated heterocycles. The van der Waals surface area contributed by atoms with E-state index in [1.165, 1.54) is 19.4 Å². The fraction of sp³-hybridized carbons (Fsp3) is 1.00. The number of aliphatic hydroxyl groups excluding tert-OH is 1. The number of hydrogen-bond donors (Lipinski definition) is 1. The smallest absolute Gasteiger partial charge is 0.0900 e. The minimum absolute atomic E-state index is 0.163. The summed E-state index contributed by atoms with van der Waals surface area (Å²) in [5, 5.41) is 10.0. The molecule has 0 aromatic rings. The Bertz CT molecular complexity index is 266. The van der Waals surface area contributed by atoms with Gasteiger partial charge in [0.15, 0.2) is 0 Å². The van der Waals surface area contributed by atoms with Gasteiger partial charge in [-0.2, -0.15) is 0 Å². The molecule has 0 bridgehead atoms. The van der Waals surface area contributed by atoms with Crippen molar-refractivity contribution in [2.24, 2.45) is 5.92 Å². The molecule has 1 unspecified atom stereocenters. The summed E-state index contributed by atoms with van der Waals surface area (Å²) >= 11 is 0. The van der Waals surface area contributed by atoms with Crippen LogP contribution in [0.3, 0.4) is 0 Å². The third-order valence-electron chi connectivity index (χ3n) is 3.86. The van der Waals surface area contributed by atoms with E-state index in [1.807, 2.05) is 20.8 Å². The zero-order valence-electron chi connectivity index (χ0n) is 12.8. The molecule has 1 N–H and O–H groups in total. The maximum Gasteiger partial charge on any atom is 0.0900 e. The molecule has 2 aliphatic rings. The van der Waals surface area contributed by atoms with E-state index in [4.69, 9.17) is 4.74 Å². The van der Waals surface area contributed by atoms with Crippen LogP contribution in [0.4, 0.5) is 0 Å². The molecule has 0 radical (unpaired) electrons. The Morgan fingerprint density at radius 3 is 2.21 bits per heavy atom. The first-order chi connectivity index (χ1) is 8.92. The Kier molecular flexibility index (Phi) is 5.23. The SMILES string of the molecule is CC(C)(C)OCC(O)CN1CCN(CC2CC2)CC1. The topological polar surface area (TPSA) is 35.9 Å². The molecule has 1 saturated carbocycles. The average Bonchev–Trinajstić information content (AvgIpc) is 3.12. The highest BCUT2D eigenvalue weighted by molar-refractivity contribution is 4.81. The lowest BCUT2D eigenvalue weighted by atomic mass is 10.2. The summed E-state index contributed by atoms with van der Waals surface area (Å²) in [5.74, 6) is 0.984. The molecule has 4 nitrogen and oxygen atoms in total. The van der Waals surface area contributed by atoms with E-state index in [0.717, 1.165) is 38.6 Å². The van der Waals surface area contributed by atoms with Gasteiger partial charge >= 0.3 is 0 Å². The van der Waals surface area contributed by atoms with Crippen molar-refractivity contribution < 1.29 is 9.84 Å². The molecule has 2 rings (SSSR count). The molecule has 112 valence electrons. The van der Waals surface area contributed by atoms with E-state index < -0.39 is 0 Å². The predicted octanol–water partition coefficient (Wildman–Crippen LogP) is 1.19. The molecule has 19 heavy (non-hydrogen) atoms. The predicted molar refractivity (Wildman–Crippen MR) is 77.3 cm³/mol. The fourth-order valence-corrected chi connectivity index (χ4v) is 2.52. The first-order valence-corrected chi connectivity index (χ1v) is 7.69. The lowest BCUT2D eigenvalue weighted by Crippen LogP contribution is -2.49. The summed E-state index contributed by atoms with van der Waals surface area (Å²) < 4.78 is 5.63. The highest BCUT2D eigenvalue weighted by atomic mass is 16.5. The molecule has 4 heteroatoms. The standard InChI is InChI=1S/C15H30N2O2/c1-15(2,3)19-12-14(18)11-17-8-6-16(7-9-17)10-13-4-5-13/h13-14,18H,4-12H2,1-3H3. The van der Waals surface area contributed by atoms with Crippen LogP contribution in [-0.4, -0.2) is 72.5 Å². The normalized spacial score (nSPS) is 24.6. The lowest BCUT2D eigenvalue weighted by Gasteiger charge is -2.36. The van der Waals surface area contributed by atoms with E-state index in [9.17, 15) is 5.11 Å².